The number of nitrogens with zero attached hydrogens (tertiary/aromatic N) is 2. The standard InChI is InChI=1S/C37H31N2O/c1-3-27-12-13-29-18-21-39-20-17-28-6-4-5-7-33(28)37(39)36(29)35(27)34-23-26(16-19-38-34)9-8-25-10-11-31-24-32(40-2)15-14-30(31)22-25/h4-17,19-20,22-24H,3,18,21H2,1-2H3/q+1/b9-8+. The van der Waals surface area contributed by atoms with E-state index in [0.29, 0.717) is 0 Å². The minimum Gasteiger partial charge on any atom is -0.497 e. The molecule has 0 atom stereocenters. The Morgan fingerprint density at radius 1 is 0.800 bits per heavy atom. The molecule has 4 aromatic carbocycles. The van der Waals surface area contributed by atoms with E-state index in [2.05, 4.69) is 115 Å². The van der Waals surface area contributed by atoms with Crippen LogP contribution in [0.5, 0.6) is 5.75 Å². The van der Waals surface area contributed by atoms with Crippen molar-refractivity contribution in [3.05, 3.63) is 126 Å². The summed E-state index contributed by atoms with van der Waals surface area (Å²) in [5.74, 6) is 0.878. The number of hydrogen-bond donors (Lipinski definition) is 0. The molecule has 0 spiro atoms. The molecule has 0 fully saturated rings. The van der Waals surface area contributed by atoms with Gasteiger partial charge in [-0.05, 0) is 81.2 Å². The zero-order valence-corrected chi connectivity index (χ0v) is 22.9. The van der Waals surface area contributed by atoms with Gasteiger partial charge in [0.1, 0.15) is 5.75 Å². The summed E-state index contributed by atoms with van der Waals surface area (Å²) in [5, 5.41) is 4.94. The van der Waals surface area contributed by atoms with Crippen LogP contribution >= 0.6 is 0 Å². The van der Waals surface area contributed by atoms with Gasteiger partial charge in [0.2, 0.25) is 5.69 Å². The van der Waals surface area contributed by atoms with Gasteiger partial charge in [-0.3, -0.25) is 4.98 Å². The molecule has 0 amide bonds. The Hall–Kier alpha value is -4.76. The average Bonchev–Trinajstić information content (AvgIpc) is 3.02. The first kappa shape index (κ1) is 24.3. The van der Waals surface area contributed by atoms with Gasteiger partial charge in [-0.1, -0.05) is 67.6 Å². The number of hydrogen-bond acceptors (Lipinski definition) is 2. The fraction of sp³-hybridized carbons (Fsp3) is 0.135. The number of rotatable bonds is 5. The Morgan fingerprint density at radius 3 is 2.50 bits per heavy atom. The molecular weight excluding hydrogens is 488 g/mol. The second-order valence-corrected chi connectivity index (χ2v) is 10.5. The predicted molar refractivity (Wildman–Crippen MR) is 165 cm³/mol. The Bertz CT molecular complexity index is 1940. The SMILES string of the molecule is CCc1ccc2c(c1-c1cc(/C=C/c3ccc4cc(OC)ccc4c3)ccn1)-c1c3ccccc3cc[n+]1CC2. The Balaban J connectivity index is 1.33. The first-order chi connectivity index (χ1) is 19.7. The predicted octanol–water partition coefficient (Wildman–Crippen LogP) is 8.31. The van der Waals surface area contributed by atoms with Crippen molar-refractivity contribution in [1.29, 1.82) is 0 Å². The van der Waals surface area contributed by atoms with Crippen molar-refractivity contribution < 1.29 is 9.30 Å². The fourth-order valence-corrected chi connectivity index (χ4v) is 6.07. The minimum absolute atomic E-state index is 0.878. The lowest BCUT2D eigenvalue weighted by Gasteiger charge is -2.22. The highest BCUT2D eigenvalue weighted by molar-refractivity contribution is 5.98. The summed E-state index contributed by atoms with van der Waals surface area (Å²) in [5.41, 5.74) is 9.97. The normalized spacial score (nSPS) is 12.6. The quantitative estimate of drug-likeness (QED) is 0.214. The van der Waals surface area contributed by atoms with Crippen molar-refractivity contribution in [3.63, 3.8) is 0 Å². The van der Waals surface area contributed by atoms with Gasteiger partial charge in [0.05, 0.1) is 23.8 Å². The molecule has 3 heterocycles. The summed E-state index contributed by atoms with van der Waals surface area (Å²) in [6.45, 7) is 3.23. The smallest absolute Gasteiger partial charge is 0.221 e. The summed E-state index contributed by atoms with van der Waals surface area (Å²) in [6, 6.07) is 32.7. The van der Waals surface area contributed by atoms with Crippen LogP contribution in [0, 0.1) is 0 Å². The van der Waals surface area contributed by atoms with Crippen molar-refractivity contribution in [2.75, 3.05) is 7.11 Å². The molecule has 0 saturated carbocycles. The van der Waals surface area contributed by atoms with E-state index in [4.69, 9.17) is 9.72 Å². The fourth-order valence-electron chi connectivity index (χ4n) is 6.07. The zero-order chi connectivity index (χ0) is 27.1. The Morgan fingerprint density at radius 2 is 1.62 bits per heavy atom. The topological polar surface area (TPSA) is 26.0 Å². The van der Waals surface area contributed by atoms with Crippen LogP contribution in [0.25, 0.3) is 56.2 Å². The van der Waals surface area contributed by atoms with Crippen molar-refractivity contribution in [3.8, 4) is 28.3 Å². The number of aryl methyl sites for hydroxylation is 3. The molecule has 1 aliphatic heterocycles. The lowest BCUT2D eigenvalue weighted by molar-refractivity contribution is -0.686. The third-order valence-electron chi connectivity index (χ3n) is 8.13. The number of methoxy groups -OCH3 is 1. The highest BCUT2D eigenvalue weighted by Crippen LogP contribution is 2.40. The largest absolute Gasteiger partial charge is 0.497 e. The van der Waals surface area contributed by atoms with E-state index >= 15 is 0 Å². The third-order valence-corrected chi connectivity index (χ3v) is 8.13. The Labute approximate surface area is 235 Å². The van der Waals surface area contributed by atoms with Crippen LogP contribution in [-0.4, -0.2) is 12.1 Å². The molecule has 7 rings (SSSR count). The van der Waals surface area contributed by atoms with Gasteiger partial charge in [-0.2, -0.15) is 4.57 Å². The van der Waals surface area contributed by atoms with Gasteiger partial charge in [0.15, 0.2) is 12.7 Å². The first-order valence-corrected chi connectivity index (χ1v) is 14.0. The van der Waals surface area contributed by atoms with Crippen LogP contribution in [0.15, 0.2) is 103 Å². The third kappa shape index (κ3) is 4.24. The van der Waals surface area contributed by atoms with E-state index in [9.17, 15) is 0 Å². The molecule has 3 nitrogen and oxygen atoms in total. The first-order valence-electron chi connectivity index (χ1n) is 14.0. The molecule has 0 bridgehead atoms. The number of ether oxygens (including phenoxy) is 1. The zero-order valence-electron chi connectivity index (χ0n) is 22.9. The maximum atomic E-state index is 5.38. The van der Waals surface area contributed by atoms with Gasteiger partial charge in [0.25, 0.3) is 0 Å². The molecule has 1 aliphatic rings. The van der Waals surface area contributed by atoms with E-state index in [-0.39, 0.29) is 0 Å². The van der Waals surface area contributed by atoms with E-state index in [0.717, 1.165) is 36.4 Å². The highest BCUT2D eigenvalue weighted by atomic mass is 16.5. The van der Waals surface area contributed by atoms with Gasteiger partial charge in [-0.15, -0.1) is 0 Å². The average molecular weight is 520 g/mol. The molecule has 0 unspecified atom stereocenters. The Kier molecular flexibility index (Phi) is 6.13. The molecule has 2 aromatic heterocycles. The van der Waals surface area contributed by atoms with Crippen molar-refractivity contribution >= 4 is 33.7 Å². The van der Waals surface area contributed by atoms with Crippen LogP contribution in [0.1, 0.15) is 29.2 Å². The van der Waals surface area contributed by atoms with Crippen LogP contribution in [0.3, 0.4) is 0 Å². The second kappa shape index (κ2) is 10.1. The molecule has 194 valence electrons. The summed E-state index contributed by atoms with van der Waals surface area (Å²) >= 11 is 0. The van der Waals surface area contributed by atoms with Crippen molar-refractivity contribution in [1.82, 2.24) is 4.98 Å². The molecule has 40 heavy (non-hydrogen) atoms. The monoisotopic (exact) mass is 519 g/mol. The number of aromatic nitrogens is 2. The molecule has 0 saturated heterocycles. The molecule has 3 heteroatoms. The molecule has 6 aromatic rings. The van der Waals surface area contributed by atoms with Crippen molar-refractivity contribution in [2.24, 2.45) is 0 Å². The maximum absolute atomic E-state index is 5.38. The number of fused-ring (bicyclic) bond motifs is 6. The number of pyridine rings is 2. The van der Waals surface area contributed by atoms with Crippen LogP contribution in [0.4, 0.5) is 0 Å². The summed E-state index contributed by atoms with van der Waals surface area (Å²) in [6.07, 6.45) is 10.5. The lowest BCUT2D eigenvalue weighted by atomic mass is 9.85. The van der Waals surface area contributed by atoms with E-state index in [1.165, 1.54) is 55.1 Å². The molecule has 0 aliphatic carbocycles. The summed E-state index contributed by atoms with van der Waals surface area (Å²) in [4.78, 5) is 4.94. The van der Waals surface area contributed by atoms with Crippen molar-refractivity contribution in [2.45, 2.75) is 26.3 Å². The second-order valence-electron chi connectivity index (χ2n) is 10.5. The van der Waals surface area contributed by atoms with Gasteiger partial charge in [0, 0.05) is 24.2 Å². The summed E-state index contributed by atoms with van der Waals surface area (Å²) in [7, 11) is 1.70. The number of benzene rings is 4. The molecular formula is C37H31N2O+. The van der Waals surface area contributed by atoms with Crippen LogP contribution < -0.4 is 9.30 Å². The van der Waals surface area contributed by atoms with Gasteiger partial charge in [-0.25, -0.2) is 0 Å². The highest BCUT2D eigenvalue weighted by Gasteiger charge is 2.30. The van der Waals surface area contributed by atoms with E-state index in [1.54, 1.807) is 7.11 Å². The van der Waals surface area contributed by atoms with E-state index in [1.807, 2.05) is 12.3 Å². The maximum Gasteiger partial charge on any atom is 0.221 e. The molecule has 0 radical (unpaired) electrons. The molecule has 0 N–H and O–H groups in total. The van der Waals surface area contributed by atoms with Gasteiger partial charge >= 0.3 is 0 Å². The lowest BCUT2D eigenvalue weighted by Crippen LogP contribution is -2.40. The summed E-state index contributed by atoms with van der Waals surface area (Å²) < 4.78 is 7.80. The minimum atomic E-state index is 0.878. The van der Waals surface area contributed by atoms with Crippen LogP contribution in [-0.2, 0) is 19.4 Å². The van der Waals surface area contributed by atoms with Crippen LogP contribution in [0.2, 0.25) is 0 Å². The van der Waals surface area contributed by atoms with E-state index < -0.39 is 0 Å². The van der Waals surface area contributed by atoms with Gasteiger partial charge < -0.3 is 4.74 Å².